The molecule has 0 saturated carbocycles. The number of carbonyl (C=O) groups is 1. The third kappa shape index (κ3) is 2.88. The molecule has 0 bridgehead atoms. The highest BCUT2D eigenvalue weighted by molar-refractivity contribution is 5.91. The fourth-order valence-corrected chi connectivity index (χ4v) is 2.65. The van der Waals surface area contributed by atoms with E-state index in [1.54, 1.807) is 13.0 Å². The summed E-state index contributed by atoms with van der Waals surface area (Å²) >= 11 is 0. The van der Waals surface area contributed by atoms with Crippen LogP contribution >= 0.6 is 0 Å². The molecule has 1 N–H and O–H groups in total. The van der Waals surface area contributed by atoms with Gasteiger partial charge in [0, 0.05) is 11.0 Å². The standard InChI is InChI=1S/C17H26O3/c1-7-13(12(2)3)8-10-16(4)14(15(18)20-6)9-11-17(16,5)19/h8-10,13,19H,2,7,11H2,1,3-6H3/b10-8-/t13-,16-,17-/m0/s1. The smallest absolute Gasteiger partial charge is 0.334 e. The van der Waals surface area contributed by atoms with E-state index in [1.807, 2.05) is 26.0 Å². The molecule has 0 aromatic rings. The summed E-state index contributed by atoms with van der Waals surface area (Å²) in [6.07, 6.45) is 7.14. The van der Waals surface area contributed by atoms with Crippen LogP contribution in [0.2, 0.25) is 0 Å². The first-order chi connectivity index (χ1) is 9.19. The molecule has 0 aliphatic heterocycles. The SMILES string of the molecule is C=C(C)[C@H](/C=C\[C@@]1(C)C(C(=O)OC)=CC[C@]1(C)O)CC. The van der Waals surface area contributed by atoms with Crippen LogP contribution in [0, 0.1) is 11.3 Å². The zero-order chi connectivity index (χ0) is 15.6. The van der Waals surface area contributed by atoms with Crippen molar-refractivity contribution in [2.45, 2.75) is 46.1 Å². The number of methoxy groups -OCH3 is 1. The fourth-order valence-electron chi connectivity index (χ4n) is 2.65. The zero-order valence-electron chi connectivity index (χ0n) is 13.2. The largest absolute Gasteiger partial charge is 0.466 e. The van der Waals surface area contributed by atoms with Gasteiger partial charge in [-0.05, 0) is 39.5 Å². The Bertz CT molecular complexity index is 457. The van der Waals surface area contributed by atoms with Crippen molar-refractivity contribution in [2.24, 2.45) is 11.3 Å². The minimum absolute atomic E-state index is 0.252. The molecule has 0 saturated heterocycles. The summed E-state index contributed by atoms with van der Waals surface area (Å²) in [5, 5.41) is 10.6. The van der Waals surface area contributed by atoms with Gasteiger partial charge in [0.05, 0.1) is 12.7 Å². The molecule has 1 rings (SSSR count). The van der Waals surface area contributed by atoms with Crippen molar-refractivity contribution in [3.8, 4) is 0 Å². The second kappa shape index (κ2) is 5.96. The molecule has 0 aromatic carbocycles. The van der Waals surface area contributed by atoms with Gasteiger partial charge < -0.3 is 9.84 Å². The number of aliphatic hydroxyl groups is 1. The van der Waals surface area contributed by atoms with Gasteiger partial charge in [0.25, 0.3) is 0 Å². The van der Waals surface area contributed by atoms with Crippen LogP contribution in [-0.4, -0.2) is 23.8 Å². The molecular weight excluding hydrogens is 252 g/mol. The topological polar surface area (TPSA) is 46.5 Å². The summed E-state index contributed by atoms with van der Waals surface area (Å²) in [6.45, 7) is 11.7. The molecule has 1 aliphatic rings. The summed E-state index contributed by atoms with van der Waals surface area (Å²) in [4.78, 5) is 11.9. The number of carbonyl (C=O) groups excluding carboxylic acids is 1. The number of rotatable bonds is 5. The van der Waals surface area contributed by atoms with E-state index in [0.717, 1.165) is 12.0 Å². The summed E-state index contributed by atoms with van der Waals surface area (Å²) in [7, 11) is 1.36. The average molecular weight is 278 g/mol. The van der Waals surface area contributed by atoms with Gasteiger partial charge in [0.2, 0.25) is 0 Å². The lowest BCUT2D eigenvalue weighted by molar-refractivity contribution is -0.138. The second-order valence-corrected chi connectivity index (χ2v) is 6.01. The maximum Gasteiger partial charge on any atom is 0.334 e. The maximum absolute atomic E-state index is 11.9. The number of hydrogen-bond donors (Lipinski definition) is 1. The van der Waals surface area contributed by atoms with Crippen molar-refractivity contribution in [3.63, 3.8) is 0 Å². The fraction of sp³-hybridized carbons (Fsp3) is 0.588. The van der Waals surface area contributed by atoms with Gasteiger partial charge >= 0.3 is 5.97 Å². The third-order valence-corrected chi connectivity index (χ3v) is 4.52. The van der Waals surface area contributed by atoms with Gasteiger partial charge in [-0.15, -0.1) is 0 Å². The third-order valence-electron chi connectivity index (χ3n) is 4.52. The minimum atomic E-state index is -0.986. The number of hydrogen-bond acceptors (Lipinski definition) is 3. The Hall–Kier alpha value is -1.35. The van der Waals surface area contributed by atoms with Gasteiger partial charge in [0.15, 0.2) is 0 Å². The van der Waals surface area contributed by atoms with E-state index in [4.69, 9.17) is 4.74 Å². The monoisotopic (exact) mass is 278 g/mol. The van der Waals surface area contributed by atoms with Crippen molar-refractivity contribution in [3.05, 3.63) is 36.0 Å². The number of ether oxygens (including phenoxy) is 1. The van der Waals surface area contributed by atoms with Crippen LogP contribution in [0.25, 0.3) is 0 Å². The Morgan fingerprint density at radius 3 is 2.65 bits per heavy atom. The van der Waals surface area contributed by atoms with Crippen molar-refractivity contribution in [1.82, 2.24) is 0 Å². The van der Waals surface area contributed by atoms with E-state index in [1.165, 1.54) is 7.11 Å². The van der Waals surface area contributed by atoms with Crippen molar-refractivity contribution >= 4 is 5.97 Å². The number of allylic oxidation sites excluding steroid dienone is 2. The Morgan fingerprint density at radius 1 is 1.60 bits per heavy atom. The van der Waals surface area contributed by atoms with Crippen LogP contribution in [0.1, 0.15) is 40.5 Å². The molecule has 0 radical (unpaired) electrons. The molecular formula is C17H26O3. The van der Waals surface area contributed by atoms with Crippen LogP contribution < -0.4 is 0 Å². The average Bonchev–Trinajstić information content (AvgIpc) is 2.60. The van der Waals surface area contributed by atoms with Crippen LogP contribution in [0.3, 0.4) is 0 Å². The van der Waals surface area contributed by atoms with Gasteiger partial charge in [-0.2, -0.15) is 0 Å². The highest BCUT2D eigenvalue weighted by atomic mass is 16.5. The van der Waals surface area contributed by atoms with Gasteiger partial charge in [-0.1, -0.05) is 37.3 Å². The molecule has 1 aliphatic carbocycles. The van der Waals surface area contributed by atoms with Crippen LogP contribution in [0.4, 0.5) is 0 Å². The van der Waals surface area contributed by atoms with E-state index in [9.17, 15) is 9.90 Å². The molecule has 3 heteroatoms. The van der Waals surface area contributed by atoms with Crippen LogP contribution in [0.5, 0.6) is 0 Å². The lowest BCUT2D eigenvalue weighted by atomic mass is 9.72. The Balaban J connectivity index is 3.14. The molecule has 0 fully saturated rings. The molecule has 112 valence electrons. The second-order valence-electron chi connectivity index (χ2n) is 6.01. The first-order valence-electron chi connectivity index (χ1n) is 7.05. The summed E-state index contributed by atoms with van der Waals surface area (Å²) in [5.74, 6) is -0.125. The highest BCUT2D eigenvalue weighted by Gasteiger charge is 2.50. The predicted molar refractivity (Wildman–Crippen MR) is 81.2 cm³/mol. The normalized spacial score (nSPS) is 31.2. The zero-order valence-corrected chi connectivity index (χ0v) is 13.2. The molecule has 3 atom stereocenters. The van der Waals surface area contributed by atoms with E-state index >= 15 is 0 Å². The first kappa shape index (κ1) is 16.7. The van der Waals surface area contributed by atoms with Crippen LogP contribution in [0.15, 0.2) is 36.0 Å². The molecule has 3 nitrogen and oxygen atoms in total. The highest BCUT2D eigenvalue weighted by Crippen LogP contribution is 2.48. The van der Waals surface area contributed by atoms with Crippen LogP contribution in [-0.2, 0) is 9.53 Å². The molecule has 0 spiro atoms. The summed E-state index contributed by atoms with van der Waals surface area (Å²) in [5.41, 5.74) is -0.116. The summed E-state index contributed by atoms with van der Waals surface area (Å²) < 4.78 is 4.83. The Morgan fingerprint density at radius 2 is 2.20 bits per heavy atom. The lowest BCUT2D eigenvalue weighted by Gasteiger charge is -2.36. The number of esters is 1. The van der Waals surface area contributed by atoms with Gasteiger partial charge in [-0.3, -0.25) is 0 Å². The maximum atomic E-state index is 11.9. The Labute approximate surface area is 122 Å². The van der Waals surface area contributed by atoms with Gasteiger partial charge in [0.1, 0.15) is 0 Å². The molecule has 20 heavy (non-hydrogen) atoms. The van der Waals surface area contributed by atoms with E-state index in [0.29, 0.717) is 12.0 Å². The predicted octanol–water partition coefficient (Wildman–Crippen LogP) is 3.41. The minimum Gasteiger partial charge on any atom is -0.466 e. The van der Waals surface area contributed by atoms with Crippen molar-refractivity contribution < 1.29 is 14.6 Å². The first-order valence-corrected chi connectivity index (χ1v) is 7.05. The van der Waals surface area contributed by atoms with E-state index in [-0.39, 0.29) is 11.9 Å². The quantitative estimate of drug-likeness (QED) is 0.619. The Kier molecular flexibility index (Phi) is 4.98. The van der Waals surface area contributed by atoms with E-state index in [2.05, 4.69) is 13.5 Å². The molecule has 0 unspecified atom stereocenters. The van der Waals surface area contributed by atoms with E-state index < -0.39 is 11.0 Å². The van der Waals surface area contributed by atoms with Crippen molar-refractivity contribution in [2.75, 3.05) is 7.11 Å². The lowest BCUT2D eigenvalue weighted by Crippen LogP contribution is -2.41. The molecule has 0 aromatic heterocycles. The van der Waals surface area contributed by atoms with Crippen molar-refractivity contribution in [1.29, 1.82) is 0 Å². The van der Waals surface area contributed by atoms with Gasteiger partial charge in [-0.25, -0.2) is 4.79 Å². The molecule has 0 amide bonds. The summed E-state index contributed by atoms with van der Waals surface area (Å²) in [6, 6.07) is 0. The molecule has 0 heterocycles.